The van der Waals surface area contributed by atoms with Crippen LogP contribution in [-0.2, 0) is 6.54 Å². The number of rotatable bonds is 3. The number of nitrogens with two attached hydrogens (primary N) is 1. The molecule has 0 radical (unpaired) electrons. The fourth-order valence-corrected chi connectivity index (χ4v) is 2.75. The van der Waals surface area contributed by atoms with Gasteiger partial charge in [0.25, 0.3) is 0 Å². The summed E-state index contributed by atoms with van der Waals surface area (Å²) in [5.41, 5.74) is 7.81. The van der Waals surface area contributed by atoms with Gasteiger partial charge in [-0.2, -0.15) is 0 Å². The van der Waals surface area contributed by atoms with Crippen LogP contribution in [0.4, 0.5) is 0 Å². The van der Waals surface area contributed by atoms with Gasteiger partial charge in [0.15, 0.2) is 0 Å². The first-order chi connectivity index (χ1) is 9.69. The van der Waals surface area contributed by atoms with E-state index in [0.29, 0.717) is 12.6 Å². The summed E-state index contributed by atoms with van der Waals surface area (Å²) < 4.78 is 0. The van der Waals surface area contributed by atoms with Gasteiger partial charge in [-0.25, -0.2) is 0 Å². The van der Waals surface area contributed by atoms with Crippen LogP contribution in [0.2, 0.25) is 0 Å². The van der Waals surface area contributed by atoms with Crippen molar-refractivity contribution in [2.24, 2.45) is 5.73 Å². The molecule has 0 aliphatic carbocycles. The van der Waals surface area contributed by atoms with Gasteiger partial charge in [-0.3, -0.25) is 4.90 Å². The molecule has 2 N–H and O–H groups in total. The van der Waals surface area contributed by atoms with Gasteiger partial charge in [0, 0.05) is 18.2 Å². The Hall–Kier alpha value is -1.34. The molecule has 1 aromatic carbocycles. The number of nitrogens with zero attached hydrogens (tertiary/aromatic N) is 2. The lowest BCUT2D eigenvalue weighted by molar-refractivity contribution is 0.139. The molecule has 1 fully saturated rings. The number of hydrogen-bond donors (Lipinski definition) is 1. The van der Waals surface area contributed by atoms with Crippen molar-refractivity contribution in [1.82, 2.24) is 9.80 Å². The zero-order valence-electron chi connectivity index (χ0n) is 12.6. The van der Waals surface area contributed by atoms with Crippen molar-refractivity contribution in [2.45, 2.75) is 25.4 Å². The molecule has 0 unspecified atom stereocenters. The minimum atomic E-state index is 0.416. The summed E-state index contributed by atoms with van der Waals surface area (Å²) in [5, 5.41) is 0. The van der Waals surface area contributed by atoms with E-state index in [1.54, 1.807) is 0 Å². The van der Waals surface area contributed by atoms with E-state index in [9.17, 15) is 0 Å². The largest absolute Gasteiger partial charge is 0.320 e. The molecule has 1 heterocycles. The molecule has 3 heteroatoms. The summed E-state index contributed by atoms with van der Waals surface area (Å²) in [6.07, 6.45) is 2.53. The zero-order valence-corrected chi connectivity index (χ0v) is 12.6. The van der Waals surface area contributed by atoms with Crippen LogP contribution in [0.3, 0.4) is 0 Å². The van der Waals surface area contributed by atoms with Crippen LogP contribution in [0.5, 0.6) is 0 Å². The van der Waals surface area contributed by atoms with Crippen molar-refractivity contribution in [2.75, 3.05) is 33.7 Å². The molecule has 0 spiro atoms. The van der Waals surface area contributed by atoms with Crippen LogP contribution < -0.4 is 5.73 Å². The molecular weight excluding hydrogens is 246 g/mol. The summed E-state index contributed by atoms with van der Waals surface area (Å²) in [7, 11) is 4.43. The van der Waals surface area contributed by atoms with Crippen molar-refractivity contribution in [1.29, 1.82) is 0 Å². The highest BCUT2D eigenvalue weighted by molar-refractivity contribution is 5.37. The lowest BCUT2D eigenvalue weighted by atomic mass is 10.0. The lowest BCUT2D eigenvalue weighted by Crippen LogP contribution is -2.41. The SMILES string of the molecule is CN1CCC(N(C)Cc2cccc(C#CCN)c2)CC1. The highest BCUT2D eigenvalue weighted by atomic mass is 15.2. The van der Waals surface area contributed by atoms with Gasteiger partial charge in [-0.1, -0.05) is 24.0 Å². The summed E-state index contributed by atoms with van der Waals surface area (Å²) in [6.45, 7) is 3.82. The van der Waals surface area contributed by atoms with E-state index in [1.165, 1.54) is 31.5 Å². The number of piperidine rings is 1. The molecule has 3 nitrogen and oxygen atoms in total. The first kappa shape index (κ1) is 15.1. The Labute approximate surface area is 122 Å². The van der Waals surface area contributed by atoms with Gasteiger partial charge in [-0.15, -0.1) is 0 Å². The smallest absolute Gasteiger partial charge is 0.0555 e. The second-order valence-corrected chi connectivity index (χ2v) is 5.66. The summed E-state index contributed by atoms with van der Waals surface area (Å²) in [4.78, 5) is 4.88. The highest BCUT2D eigenvalue weighted by Crippen LogP contribution is 2.17. The highest BCUT2D eigenvalue weighted by Gasteiger charge is 2.20. The summed E-state index contributed by atoms with van der Waals surface area (Å²) in [5.74, 6) is 6.02. The Bertz CT molecular complexity index is 478. The van der Waals surface area contributed by atoms with Crippen molar-refractivity contribution >= 4 is 0 Å². The maximum absolute atomic E-state index is 5.42. The molecule has 1 saturated heterocycles. The molecule has 1 aromatic rings. The predicted octanol–water partition coefficient (Wildman–Crippen LogP) is 1.52. The average Bonchev–Trinajstić information content (AvgIpc) is 2.46. The Balaban J connectivity index is 1.95. The van der Waals surface area contributed by atoms with Crippen LogP contribution in [-0.4, -0.2) is 49.6 Å². The van der Waals surface area contributed by atoms with Crippen LogP contribution in [0.1, 0.15) is 24.0 Å². The third-order valence-corrected chi connectivity index (χ3v) is 4.01. The van der Waals surface area contributed by atoms with E-state index < -0.39 is 0 Å². The molecule has 0 atom stereocenters. The summed E-state index contributed by atoms with van der Waals surface area (Å²) >= 11 is 0. The number of benzene rings is 1. The Kier molecular flexibility index (Phi) is 5.60. The molecule has 108 valence electrons. The normalized spacial score (nSPS) is 17.0. The average molecular weight is 271 g/mol. The number of hydrogen-bond acceptors (Lipinski definition) is 3. The molecule has 1 aliphatic rings. The predicted molar refractivity (Wildman–Crippen MR) is 84.4 cm³/mol. The van der Waals surface area contributed by atoms with Crippen molar-refractivity contribution in [3.05, 3.63) is 35.4 Å². The molecule has 20 heavy (non-hydrogen) atoms. The molecule has 0 bridgehead atoms. The fraction of sp³-hybridized carbons (Fsp3) is 0.529. The van der Waals surface area contributed by atoms with Gasteiger partial charge in [0.2, 0.25) is 0 Å². The second-order valence-electron chi connectivity index (χ2n) is 5.66. The summed E-state index contributed by atoms with van der Waals surface area (Å²) in [6, 6.07) is 9.18. The van der Waals surface area contributed by atoms with Gasteiger partial charge < -0.3 is 10.6 Å². The van der Waals surface area contributed by atoms with Crippen LogP contribution in [0.25, 0.3) is 0 Å². The minimum absolute atomic E-state index is 0.416. The van der Waals surface area contributed by atoms with Crippen molar-refractivity contribution in [3.63, 3.8) is 0 Å². The molecule has 0 amide bonds. The monoisotopic (exact) mass is 271 g/mol. The molecular formula is C17H25N3. The van der Waals surface area contributed by atoms with Gasteiger partial charge in [0.1, 0.15) is 0 Å². The standard InChI is InChI=1S/C17H25N3/c1-19-11-8-17(9-12-19)20(2)14-16-6-3-5-15(13-16)7-4-10-18/h3,5-6,13,17H,8-12,14,18H2,1-2H3. The Morgan fingerprint density at radius 3 is 2.80 bits per heavy atom. The van der Waals surface area contributed by atoms with E-state index in [4.69, 9.17) is 5.73 Å². The Morgan fingerprint density at radius 1 is 1.35 bits per heavy atom. The van der Waals surface area contributed by atoms with Crippen molar-refractivity contribution in [3.8, 4) is 11.8 Å². The molecule has 0 saturated carbocycles. The van der Waals surface area contributed by atoms with E-state index >= 15 is 0 Å². The first-order valence-corrected chi connectivity index (χ1v) is 7.35. The van der Waals surface area contributed by atoms with Crippen LogP contribution in [0, 0.1) is 11.8 Å². The van der Waals surface area contributed by atoms with E-state index in [-0.39, 0.29) is 0 Å². The van der Waals surface area contributed by atoms with E-state index in [0.717, 1.165) is 12.1 Å². The number of likely N-dealkylation sites (tertiary alicyclic amines) is 1. The quantitative estimate of drug-likeness (QED) is 0.846. The van der Waals surface area contributed by atoms with Gasteiger partial charge in [0.05, 0.1) is 6.54 Å². The third kappa shape index (κ3) is 4.35. The zero-order chi connectivity index (χ0) is 14.4. The van der Waals surface area contributed by atoms with Crippen molar-refractivity contribution < 1.29 is 0 Å². The van der Waals surface area contributed by atoms with Gasteiger partial charge in [-0.05, 0) is 57.7 Å². The second kappa shape index (κ2) is 7.44. The third-order valence-electron chi connectivity index (χ3n) is 4.01. The van der Waals surface area contributed by atoms with E-state index in [1.807, 2.05) is 6.07 Å². The fourth-order valence-electron chi connectivity index (χ4n) is 2.75. The van der Waals surface area contributed by atoms with E-state index in [2.05, 4.69) is 53.9 Å². The minimum Gasteiger partial charge on any atom is -0.320 e. The van der Waals surface area contributed by atoms with Gasteiger partial charge >= 0.3 is 0 Å². The van der Waals surface area contributed by atoms with Crippen LogP contribution >= 0.6 is 0 Å². The first-order valence-electron chi connectivity index (χ1n) is 7.35. The molecule has 0 aromatic heterocycles. The lowest BCUT2D eigenvalue weighted by Gasteiger charge is -2.35. The molecule has 1 aliphatic heterocycles. The maximum Gasteiger partial charge on any atom is 0.0555 e. The Morgan fingerprint density at radius 2 is 2.10 bits per heavy atom. The van der Waals surface area contributed by atoms with Crippen LogP contribution in [0.15, 0.2) is 24.3 Å². The topological polar surface area (TPSA) is 32.5 Å². The maximum atomic E-state index is 5.42. The molecule has 2 rings (SSSR count).